The fourth-order valence-corrected chi connectivity index (χ4v) is 2.77. The van der Waals surface area contributed by atoms with Crippen LogP contribution in [0.4, 0.5) is 11.6 Å². The highest BCUT2D eigenvalue weighted by Crippen LogP contribution is 2.22. The van der Waals surface area contributed by atoms with Gasteiger partial charge in [-0.2, -0.15) is 0 Å². The standard InChI is InChI=1S/C15H17BrN4/c1-12-10-17-15(18-11-12)20-7-5-19(6-8-20)14-4-2-3-13(16)9-14/h2-4,9-11H,5-8H2,1H3. The molecule has 0 bridgehead atoms. The van der Waals surface area contributed by atoms with Crippen LogP contribution in [0.25, 0.3) is 0 Å². The van der Waals surface area contributed by atoms with Gasteiger partial charge in [-0.05, 0) is 30.7 Å². The first-order valence-corrected chi connectivity index (χ1v) is 7.56. The molecular weight excluding hydrogens is 316 g/mol. The average molecular weight is 333 g/mol. The van der Waals surface area contributed by atoms with E-state index in [0.717, 1.165) is 42.2 Å². The van der Waals surface area contributed by atoms with Crippen LogP contribution in [0.1, 0.15) is 5.56 Å². The van der Waals surface area contributed by atoms with Gasteiger partial charge in [-0.25, -0.2) is 9.97 Å². The number of anilines is 2. The van der Waals surface area contributed by atoms with Crippen LogP contribution in [0.5, 0.6) is 0 Å². The summed E-state index contributed by atoms with van der Waals surface area (Å²) in [4.78, 5) is 13.4. The highest BCUT2D eigenvalue weighted by molar-refractivity contribution is 9.10. The molecule has 0 N–H and O–H groups in total. The molecule has 3 rings (SSSR count). The minimum Gasteiger partial charge on any atom is -0.368 e. The number of hydrogen-bond acceptors (Lipinski definition) is 4. The van der Waals surface area contributed by atoms with E-state index in [1.165, 1.54) is 5.69 Å². The van der Waals surface area contributed by atoms with Crippen molar-refractivity contribution in [1.29, 1.82) is 0 Å². The zero-order valence-corrected chi connectivity index (χ0v) is 13.0. The Balaban J connectivity index is 1.66. The van der Waals surface area contributed by atoms with Crippen molar-refractivity contribution in [3.63, 3.8) is 0 Å². The molecule has 0 radical (unpaired) electrons. The highest BCUT2D eigenvalue weighted by Gasteiger charge is 2.19. The fraction of sp³-hybridized carbons (Fsp3) is 0.333. The Morgan fingerprint density at radius 3 is 2.30 bits per heavy atom. The number of rotatable bonds is 2. The summed E-state index contributed by atoms with van der Waals surface area (Å²) < 4.78 is 1.12. The van der Waals surface area contributed by atoms with Crippen LogP contribution in [0.15, 0.2) is 41.1 Å². The van der Waals surface area contributed by atoms with Crippen LogP contribution in [-0.4, -0.2) is 36.1 Å². The molecule has 0 spiro atoms. The summed E-state index contributed by atoms with van der Waals surface area (Å²) in [5.41, 5.74) is 2.37. The van der Waals surface area contributed by atoms with Crippen LogP contribution in [-0.2, 0) is 0 Å². The van der Waals surface area contributed by atoms with Crippen LogP contribution in [0.3, 0.4) is 0 Å². The number of piperazine rings is 1. The second-order valence-corrected chi connectivity index (χ2v) is 5.93. The third-order valence-electron chi connectivity index (χ3n) is 3.50. The van der Waals surface area contributed by atoms with Gasteiger partial charge in [-0.15, -0.1) is 0 Å². The number of aryl methyl sites for hydroxylation is 1. The first-order chi connectivity index (χ1) is 9.72. The lowest BCUT2D eigenvalue weighted by Gasteiger charge is -2.36. The lowest BCUT2D eigenvalue weighted by molar-refractivity contribution is 0.639. The maximum Gasteiger partial charge on any atom is 0.225 e. The topological polar surface area (TPSA) is 32.3 Å². The van der Waals surface area contributed by atoms with Crippen molar-refractivity contribution in [1.82, 2.24) is 9.97 Å². The Morgan fingerprint density at radius 1 is 1.00 bits per heavy atom. The van der Waals surface area contributed by atoms with Gasteiger partial charge in [0.05, 0.1) is 0 Å². The van der Waals surface area contributed by atoms with E-state index in [1.807, 2.05) is 19.3 Å². The van der Waals surface area contributed by atoms with Gasteiger partial charge in [0, 0.05) is 48.7 Å². The normalized spacial score (nSPS) is 15.5. The smallest absolute Gasteiger partial charge is 0.225 e. The Morgan fingerprint density at radius 2 is 1.65 bits per heavy atom. The van der Waals surface area contributed by atoms with Crippen LogP contribution in [0.2, 0.25) is 0 Å². The summed E-state index contributed by atoms with van der Waals surface area (Å²) in [5, 5.41) is 0. The summed E-state index contributed by atoms with van der Waals surface area (Å²) in [5.74, 6) is 0.837. The van der Waals surface area contributed by atoms with E-state index in [9.17, 15) is 0 Å². The monoisotopic (exact) mass is 332 g/mol. The zero-order chi connectivity index (χ0) is 13.9. The first kappa shape index (κ1) is 13.4. The lowest BCUT2D eigenvalue weighted by Crippen LogP contribution is -2.47. The van der Waals surface area contributed by atoms with Crippen LogP contribution >= 0.6 is 15.9 Å². The Kier molecular flexibility index (Phi) is 3.87. The average Bonchev–Trinajstić information content (AvgIpc) is 2.48. The summed E-state index contributed by atoms with van der Waals surface area (Å²) in [6, 6.07) is 8.45. The maximum atomic E-state index is 4.40. The molecule has 1 aliphatic heterocycles. The van der Waals surface area contributed by atoms with Crippen molar-refractivity contribution >= 4 is 27.6 Å². The van der Waals surface area contributed by atoms with E-state index in [2.05, 4.69) is 60.0 Å². The third kappa shape index (κ3) is 2.93. The Bertz CT molecular complexity index is 577. The maximum absolute atomic E-state index is 4.40. The molecule has 0 amide bonds. The van der Waals surface area contributed by atoms with E-state index >= 15 is 0 Å². The van der Waals surface area contributed by atoms with E-state index < -0.39 is 0 Å². The second kappa shape index (κ2) is 5.79. The summed E-state index contributed by atoms with van der Waals surface area (Å²) >= 11 is 3.53. The van der Waals surface area contributed by atoms with Crippen molar-refractivity contribution in [2.75, 3.05) is 36.0 Å². The molecule has 1 aromatic heterocycles. The second-order valence-electron chi connectivity index (χ2n) is 5.01. The van der Waals surface area contributed by atoms with Crippen molar-refractivity contribution in [2.24, 2.45) is 0 Å². The fourth-order valence-electron chi connectivity index (χ4n) is 2.39. The molecule has 0 aliphatic carbocycles. The molecule has 1 aliphatic rings. The van der Waals surface area contributed by atoms with E-state index in [4.69, 9.17) is 0 Å². The minimum atomic E-state index is 0.837. The molecule has 5 heteroatoms. The molecular formula is C15H17BrN4. The van der Waals surface area contributed by atoms with Crippen molar-refractivity contribution < 1.29 is 0 Å². The predicted octanol–water partition coefficient (Wildman–Crippen LogP) is 2.87. The number of nitrogens with zero attached hydrogens (tertiary/aromatic N) is 4. The van der Waals surface area contributed by atoms with E-state index in [-0.39, 0.29) is 0 Å². The first-order valence-electron chi connectivity index (χ1n) is 6.76. The van der Waals surface area contributed by atoms with Crippen molar-refractivity contribution in [2.45, 2.75) is 6.92 Å². The third-order valence-corrected chi connectivity index (χ3v) is 4.00. The molecule has 20 heavy (non-hydrogen) atoms. The summed E-state index contributed by atoms with van der Waals surface area (Å²) in [7, 11) is 0. The largest absolute Gasteiger partial charge is 0.368 e. The lowest BCUT2D eigenvalue weighted by atomic mass is 10.2. The minimum absolute atomic E-state index is 0.837. The van der Waals surface area contributed by atoms with E-state index in [0.29, 0.717) is 0 Å². The van der Waals surface area contributed by atoms with Gasteiger partial charge >= 0.3 is 0 Å². The van der Waals surface area contributed by atoms with E-state index in [1.54, 1.807) is 0 Å². The number of hydrogen-bond donors (Lipinski definition) is 0. The molecule has 4 nitrogen and oxygen atoms in total. The molecule has 1 saturated heterocycles. The molecule has 104 valence electrons. The molecule has 0 unspecified atom stereocenters. The molecule has 0 saturated carbocycles. The SMILES string of the molecule is Cc1cnc(N2CCN(c3cccc(Br)c3)CC2)nc1. The molecule has 2 heterocycles. The quantitative estimate of drug-likeness (QED) is 0.846. The van der Waals surface area contributed by atoms with Crippen LogP contribution in [0, 0.1) is 6.92 Å². The van der Waals surface area contributed by atoms with Gasteiger partial charge in [-0.1, -0.05) is 22.0 Å². The number of halogens is 1. The van der Waals surface area contributed by atoms with Gasteiger partial charge in [0.15, 0.2) is 0 Å². The summed E-state index contributed by atoms with van der Waals surface area (Å²) in [6.45, 7) is 5.90. The van der Waals surface area contributed by atoms with Gasteiger partial charge in [-0.3, -0.25) is 0 Å². The van der Waals surface area contributed by atoms with Gasteiger partial charge < -0.3 is 9.80 Å². The molecule has 2 aromatic rings. The molecule has 1 aromatic carbocycles. The highest BCUT2D eigenvalue weighted by atomic mass is 79.9. The van der Waals surface area contributed by atoms with Crippen LogP contribution < -0.4 is 9.80 Å². The molecule has 0 atom stereocenters. The zero-order valence-electron chi connectivity index (χ0n) is 11.5. The number of benzene rings is 1. The van der Waals surface area contributed by atoms with Gasteiger partial charge in [0.25, 0.3) is 0 Å². The number of aromatic nitrogens is 2. The predicted molar refractivity (Wildman–Crippen MR) is 85.3 cm³/mol. The van der Waals surface area contributed by atoms with Crippen molar-refractivity contribution in [3.8, 4) is 0 Å². The Labute approximate surface area is 127 Å². The summed E-state index contributed by atoms with van der Waals surface area (Å²) in [6.07, 6.45) is 3.76. The van der Waals surface area contributed by atoms with Gasteiger partial charge in [0.2, 0.25) is 5.95 Å². The molecule has 1 fully saturated rings. The van der Waals surface area contributed by atoms with Gasteiger partial charge in [0.1, 0.15) is 0 Å². The van der Waals surface area contributed by atoms with Crippen molar-refractivity contribution in [3.05, 3.63) is 46.7 Å². The Hall–Kier alpha value is -1.62.